The summed E-state index contributed by atoms with van der Waals surface area (Å²) in [4.78, 5) is 0. The predicted octanol–water partition coefficient (Wildman–Crippen LogP) is 19.3. The van der Waals surface area contributed by atoms with Crippen LogP contribution in [0.5, 0.6) is 0 Å². The van der Waals surface area contributed by atoms with Crippen molar-refractivity contribution in [1.29, 1.82) is 0 Å². The second kappa shape index (κ2) is 14.3. The lowest BCUT2D eigenvalue weighted by molar-refractivity contribution is 1.66. The molecule has 15 rings (SSSR count). The van der Waals surface area contributed by atoms with Crippen LogP contribution in [0.4, 0.5) is 0 Å². The molecule has 0 saturated carbocycles. The Morgan fingerprint density at radius 3 is 0.941 bits per heavy atom. The van der Waals surface area contributed by atoms with Gasteiger partial charge < -0.3 is 0 Å². The Balaban J connectivity index is 1.22. The highest BCUT2D eigenvalue weighted by Crippen LogP contribution is 2.55. The summed E-state index contributed by atoms with van der Waals surface area (Å²) in [5.41, 5.74) is 9.90. The smallest absolute Gasteiger partial charge is 0.00132 e. The molecule has 0 bridgehead atoms. The Hall–Kier alpha value is -8.84. The third kappa shape index (κ3) is 5.43. The van der Waals surface area contributed by atoms with Crippen LogP contribution in [-0.2, 0) is 0 Å². The van der Waals surface area contributed by atoms with Crippen molar-refractivity contribution in [2.45, 2.75) is 0 Å². The second-order valence-electron chi connectivity index (χ2n) is 18.7. The molecule has 68 heavy (non-hydrogen) atoms. The summed E-state index contributed by atoms with van der Waals surface area (Å²) in [6.07, 6.45) is 0. The van der Waals surface area contributed by atoms with E-state index in [1.807, 2.05) is 0 Å². The largest absolute Gasteiger partial charge is 0.0616 e. The summed E-state index contributed by atoms with van der Waals surface area (Å²) in [5, 5.41) is 25.2. The van der Waals surface area contributed by atoms with Gasteiger partial charge in [-0.2, -0.15) is 0 Å². The zero-order valence-corrected chi connectivity index (χ0v) is 37.1. The molecule has 0 atom stereocenters. The van der Waals surface area contributed by atoms with Gasteiger partial charge in [-0.05, 0) is 183 Å². The van der Waals surface area contributed by atoms with Crippen molar-refractivity contribution in [2.75, 3.05) is 0 Å². The molecule has 0 N–H and O–H groups in total. The number of hydrogen-bond donors (Lipinski definition) is 0. The van der Waals surface area contributed by atoms with Crippen LogP contribution in [0.2, 0.25) is 0 Å². The molecule has 0 heteroatoms. The van der Waals surface area contributed by atoms with Crippen molar-refractivity contribution < 1.29 is 0 Å². The maximum Gasteiger partial charge on any atom is -0.00132 e. The molecule has 0 fully saturated rings. The molecule has 312 valence electrons. The first-order chi connectivity index (χ1) is 33.7. The fraction of sp³-hybridized carbons (Fsp3) is 0. The monoisotopic (exact) mass is 856 g/mol. The van der Waals surface area contributed by atoms with Crippen LogP contribution in [0.15, 0.2) is 243 Å². The molecule has 0 radical (unpaired) electrons. The van der Waals surface area contributed by atoms with Gasteiger partial charge in [0.25, 0.3) is 0 Å². The van der Waals surface area contributed by atoms with Crippen LogP contribution in [-0.4, -0.2) is 0 Å². The first-order valence-electron chi connectivity index (χ1n) is 23.7. The molecule has 0 aromatic heterocycles. The van der Waals surface area contributed by atoms with Crippen LogP contribution in [0, 0.1) is 0 Å². The number of benzene rings is 15. The van der Waals surface area contributed by atoms with E-state index in [-0.39, 0.29) is 0 Å². The fourth-order valence-corrected chi connectivity index (χ4v) is 12.0. The van der Waals surface area contributed by atoms with Gasteiger partial charge in [-0.25, -0.2) is 0 Å². The van der Waals surface area contributed by atoms with Gasteiger partial charge in [0, 0.05) is 0 Å². The number of hydrogen-bond acceptors (Lipinski definition) is 0. The van der Waals surface area contributed by atoms with Crippen molar-refractivity contribution in [3.8, 4) is 44.5 Å². The number of fused-ring (bicyclic) bond motifs is 10. The summed E-state index contributed by atoms with van der Waals surface area (Å²) >= 11 is 0. The molecule has 0 nitrogen and oxygen atoms in total. The van der Waals surface area contributed by atoms with Crippen LogP contribution < -0.4 is 0 Å². The summed E-state index contributed by atoms with van der Waals surface area (Å²) < 4.78 is 0. The SMILES string of the molecule is c1ccc2cc(-c3c(-c4ccc5ccccc5c4)c4cc5c(-c6ccc7ccccc7c6)c(-c6ccc7ccccc7c6)c6ccc7ccccc7c6c5c5ccc6cccc3c6c45)ccc2c1. The second-order valence-corrected chi connectivity index (χ2v) is 18.7. The van der Waals surface area contributed by atoms with Crippen LogP contribution in [0.1, 0.15) is 0 Å². The van der Waals surface area contributed by atoms with E-state index in [2.05, 4.69) is 243 Å². The summed E-state index contributed by atoms with van der Waals surface area (Å²) in [6, 6.07) is 91.6. The van der Waals surface area contributed by atoms with Gasteiger partial charge in [0.2, 0.25) is 0 Å². The summed E-state index contributed by atoms with van der Waals surface area (Å²) in [6.45, 7) is 0. The van der Waals surface area contributed by atoms with Crippen molar-refractivity contribution in [3.63, 3.8) is 0 Å². The molecule has 0 aliphatic rings. The molecular weight excluding hydrogens is 817 g/mol. The van der Waals surface area contributed by atoms with Crippen molar-refractivity contribution in [1.82, 2.24) is 0 Å². The first-order valence-corrected chi connectivity index (χ1v) is 23.7. The van der Waals surface area contributed by atoms with Gasteiger partial charge in [-0.3, -0.25) is 0 Å². The molecule has 15 aromatic carbocycles. The Kier molecular flexibility index (Phi) is 7.88. The van der Waals surface area contributed by atoms with Gasteiger partial charge in [0.05, 0.1) is 0 Å². The van der Waals surface area contributed by atoms with E-state index in [0.717, 1.165) is 0 Å². The van der Waals surface area contributed by atoms with E-state index in [4.69, 9.17) is 0 Å². The normalized spacial score (nSPS) is 12.1. The van der Waals surface area contributed by atoms with E-state index in [1.165, 1.54) is 152 Å². The Labute approximate surface area is 392 Å². The lowest BCUT2D eigenvalue weighted by Crippen LogP contribution is -1.97. The molecule has 0 spiro atoms. The fourth-order valence-electron chi connectivity index (χ4n) is 12.0. The lowest BCUT2D eigenvalue weighted by Gasteiger charge is -2.25. The summed E-state index contributed by atoms with van der Waals surface area (Å²) in [5.74, 6) is 0. The van der Waals surface area contributed by atoms with Gasteiger partial charge >= 0.3 is 0 Å². The van der Waals surface area contributed by atoms with Gasteiger partial charge in [-0.15, -0.1) is 0 Å². The minimum atomic E-state index is 1.21. The van der Waals surface area contributed by atoms with Gasteiger partial charge in [0.1, 0.15) is 0 Å². The van der Waals surface area contributed by atoms with E-state index in [0.29, 0.717) is 0 Å². The molecule has 0 unspecified atom stereocenters. The average molecular weight is 857 g/mol. The minimum Gasteiger partial charge on any atom is -0.0616 e. The highest BCUT2D eigenvalue weighted by Gasteiger charge is 2.27. The highest BCUT2D eigenvalue weighted by molar-refractivity contribution is 6.42. The molecule has 15 aromatic rings. The Morgan fingerprint density at radius 2 is 0.456 bits per heavy atom. The van der Waals surface area contributed by atoms with Crippen molar-refractivity contribution >= 4 is 108 Å². The standard InChI is InChI=1S/C68H40/c1-5-17-47-36-51(28-24-41(47)12-1)62-56-23-11-21-46-33-35-58-67(61(46)56)59(64(62)53-30-26-43-14-3-7-19-49(43)38-53)40-60-65(54-31-27-44-15-4-8-20-50(44)39-54)63(52-29-25-42-13-2-6-18-48(42)37-52)57-34-32-45-16-9-10-22-55(45)66(57)68(58)60/h1-40H. The maximum absolute atomic E-state index is 2.61. The quantitative estimate of drug-likeness (QED) is 0.122. The molecule has 0 saturated heterocycles. The van der Waals surface area contributed by atoms with E-state index < -0.39 is 0 Å². The number of rotatable bonds is 4. The topological polar surface area (TPSA) is 0 Å². The van der Waals surface area contributed by atoms with Crippen molar-refractivity contribution in [2.24, 2.45) is 0 Å². The molecule has 0 heterocycles. The van der Waals surface area contributed by atoms with Crippen LogP contribution in [0.3, 0.4) is 0 Å². The third-order valence-electron chi connectivity index (χ3n) is 15.1. The maximum atomic E-state index is 2.61. The van der Waals surface area contributed by atoms with E-state index in [1.54, 1.807) is 0 Å². The Bertz CT molecular complexity index is 4610. The summed E-state index contributed by atoms with van der Waals surface area (Å²) in [7, 11) is 0. The van der Waals surface area contributed by atoms with Crippen LogP contribution in [0.25, 0.3) is 152 Å². The lowest BCUT2D eigenvalue weighted by atomic mass is 9.77. The first kappa shape index (κ1) is 37.4. The zero-order valence-electron chi connectivity index (χ0n) is 37.1. The molecule has 0 amide bonds. The van der Waals surface area contributed by atoms with Crippen molar-refractivity contribution in [3.05, 3.63) is 243 Å². The third-order valence-corrected chi connectivity index (χ3v) is 15.1. The van der Waals surface area contributed by atoms with E-state index in [9.17, 15) is 0 Å². The minimum absolute atomic E-state index is 1.21. The molecule has 0 aliphatic carbocycles. The van der Waals surface area contributed by atoms with Gasteiger partial charge in [-0.1, -0.05) is 212 Å². The highest BCUT2D eigenvalue weighted by atomic mass is 14.3. The zero-order chi connectivity index (χ0) is 44.5. The van der Waals surface area contributed by atoms with E-state index >= 15 is 0 Å². The van der Waals surface area contributed by atoms with Gasteiger partial charge in [0.15, 0.2) is 0 Å². The Morgan fingerprint density at radius 1 is 0.147 bits per heavy atom. The average Bonchev–Trinajstić information content (AvgIpc) is 3.40. The van der Waals surface area contributed by atoms with Crippen LogP contribution >= 0.6 is 0 Å². The molecule has 0 aliphatic heterocycles. The predicted molar refractivity (Wildman–Crippen MR) is 294 cm³/mol. The molecular formula is C68H40.